The van der Waals surface area contributed by atoms with Crippen LogP contribution in [0.15, 0.2) is 91.5 Å². The van der Waals surface area contributed by atoms with Crippen molar-refractivity contribution in [1.82, 2.24) is 9.55 Å². The molecule has 2 nitrogen and oxygen atoms in total. The Balaban J connectivity index is 2.16. The summed E-state index contributed by atoms with van der Waals surface area (Å²) >= 11 is 0. The number of rotatable bonds is 6. The van der Waals surface area contributed by atoms with Crippen LogP contribution in [0.5, 0.6) is 0 Å². The summed E-state index contributed by atoms with van der Waals surface area (Å²) in [5.41, 5.74) is 0. The number of imidazole rings is 1. The van der Waals surface area contributed by atoms with Crippen LogP contribution in [-0.2, 0) is 6.17 Å². The third kappa shape index (κ3) is 3.35. The number of hydrogen-bond acceptors (Lipinski definition) is 1. The van der Waals surface area contributed by atoms with E-state index in [4.69, 9.17) is 0 Å². The average Bonchev–Trinajstić information content (AvgIpc) is 3.13. The Morgan fingerprint density at radius 2 is 1.57 bits per heavy atom. The van der Waals surface area contributed by atoms with Gasteiger partial charge in [0.2, 0.25) is 0 Å². The van der Waals surface area contributed by atoms with E-state index in [1.807, 2.05) is 12.5 Å². The first-order valence-corrected chi connectivity index (χ1v) is 10.4. The lowest BCUT2D eigenvalue weighted by Gasteiger charge is -2.32. The van der Waals surface area contributed by atoms with Crippen LogP contribution < -0.4 is 10.4 Å². The Bertz CT molecular complexity index is 694. The number of nitrogens with zero attached hydrogens (tertiary/aromatic N) is 2. The molecule has 23 heavy (non-hydrogen) atoms. The normalized spacial score (nSPS) is 11.9. The van der Waals surface area contributed by atoms with Crippen molar-refractivity contribution in [3.63, 3.8) is 0 Å². The molecule has 1 heterocycles. The molecule has 0 bridgehead atoms. The predicted molar refractivity (Wildman–Crippen MR) is 99.8 cm³/mol. The molecule has 2 aromatic carbocycles. The van der Waals surface area contributed by atoms with Gasteiger partial charge in [-0.1, -0.05) is 83.2 Å². The van der Waals surface area contributed by atoms with Gasteiger partial charge in [0.15, 0.2) is 0 Å². The molecule has 3 rings (SSSR count). The summed E-state index contributed by atoms with van der Waals surface area (Å²) in [4.78, 5) is 4.24. The monoisotopic (exact) mass is 318 g/mol. The molecule has 3 heteroatoms. The summed E-state index contributed by atoms with van der Waals surface area (Å²) < 4.78 is 2.23. The molecular weight excluding hydrogens is 296 g/mol. The van der Waals surface area contributed by atoms with E-state index in [0.717, 1.165) is 12.2 Å². The summed E-state index contributed by atoms with van der Waals surface area (Å²) in [7, 11) is -1.94. The highest BCUT2D eigenvalue weighted by Gasteiger charge is 2.36. The molecular formula is C20H22N2Si. The van der Waals surface area contributed by atoms with Crippen molar-refractivity contribution in [2.24, 2.45) is 0 Å². The van der Waals surface area contributed by atoms with Crippen molar-refractivity contribution in [2.45, 2.75) is 19.1 Å². The Hall–Kier alpha value is -2.39. The molecule has 0 unspecified atom stereocenters. The van der Waals surface area contributed by atoms with Crippen LogP contribution in [0.4, 0.5) is 0 Å². The zero-order valence-electron chi connectivity index (χ0n) is 13.5. The molecule has 0 aliphatic rings. The van der Waals surface area contributed by atoms with Gasteiger partial charge in [-0.2, -0.15) is 0 Å². The van der Waals surface area contributed by atoms with Gasteiger partial charge in [0, 0.05) is 18.6 Å². The Morgan fingerprint density at radius 3 is 2.04 bits per heavy atom. The number of allylic oxidation sites excluding steroid dienone is 2. The fourth-order valence-corrected chi connectivity index (χ4v) is 7.58. The van der Waals surface area contributed by atoms with Crippen LogP contribution in [0, 0.1) is 0 Å². The minimum Gasteiger partial charge on any atom is -0.340 e. The van der Waals surface area contributed by atoms with Crippen molar-refractivity contribution in [2.75, 3.05) is 0 Å². The van der Waals surface area contributed by atoms with Gasteiger partial charge in [0.25, 0.3) is 0 Å². The van der Waals surface area contributed by atoms with Crippen LogP contribution in [0.1, 0.15) is 6.92 Å². The van der Waals surface area contributed by atoms with Gasteiger partial charge in [-0.05, 0) is 13.0 Å². The van der Waals surface area contributed by atoms with E-state index in [1.165, 1.54) is 10.4 Å². The Kier molecular flexibility index (Phi) is 4.88. The maximum Gasteiger partial charge on any atom is 0.141 e. The van der Waals surface area contributed by atoms with Gasteiger partial charge in [0.1, 0.15) is 8.07 Å². The van der Waals surface area contributed by atoms with Crippen molar-refractivity contribution >= 4 is 18.4 Å². The maximum atomic E-state index is 4.24. The zero-order valence-corrected chi connectivity index (χ0v) is 14.5. The van der Waals surface area contributed by atoms with Gasteiger partial charge in [-0.3, -0.25) is 0 Å². The lowest BCUT2D eigenvalue weighted by atomic mass is 10.4. The quantitative estimate of drug-likeness (QED) is 0.504. The molecule has 0 N–H and O–H groups in total. The van der Waals surface area contributed by atoms with Gasteiger partial charge in [-0.15, -0.1) is 0 Å². The lowest BCUT2D eigenvalue weighted by molar-refractivity contribution is 0.855. The van der Waals surface area contributed by atoms with Crippen molar-refractivity contribution in [3.8, 4) is 0 Å². The van der Waals surface area contributed by atoms with Gasteiger partial charge >= 0.3 is 0 Å². The molecule has 0 saturated heterocycles. The number of benzene rings is 2. The molecule has 1 aromatic heterocycles. The van der Waals surface area contributed by atoms with Crippen LogP contribution >= 0.6 is 0 Å². The highest BCUT2D eigenvalue weighted by Crippen LogP contribution is 2.15. The first kappa shape index (κ1) is 15.5. The van der Waals surface area contributed by atoms with Crippen LogP contribution in [0.2, 0.25) is 6.04 Å². The van der Waals surface area contributed by atoms with Crippen molar-refractivity contribution in [1.29, 1.82) is 0 Å². The van der Waals surface area contributed by atoms with Crippen LogP contribution in [0.3, 0.4) is 0 Å². The fraction of sp³-hybridized carbons (Fsp3) is 0.150. The summed E-state index contributed by atoms with van der Waals surface area (Å²) in [6.07, 6.45) is 11.4. The third-order valence-electron chi connectivity index (χ3n) is 4.37. The van der Waals surface area contributed by atoms with E-state index in [9.17, 15) is 0 Å². The minimum atomic E-state index is -1.94. The summed E-state index contributed by atoms with van der Waals surface area (Å²) in [5, 5.41) is 2.94. The molecule has 0 amide bonds. The maximum absolute atomic E-state index is 4.24. The second kappa shape index (κ2) is 7.25. The van der Waals surface area contributed by atoms with Crippen LogP contribution in [0.25, 0.3) is 0 Å². The van der Waals surface area contributed by atoms with E-state index in [2.05, 4.69) is 95.5 Å². The number of aromatic nitrogens is 2. The molecule has 0 aliphatic carbocycles. The molecule has 0 saturated carbocycles. The third-order valence-corrected chi connectivity index (χ3v) is 9.08. The zero-order chi connectivity index (χ0) is 16.0. The van der Waals surface area contributed by atoms with Crippen molar-refractivity contribution in [3.05, 3.63) is 91.5 Å². The molecule has 0 aliphatic heterocycles. The number of hydrogen-bond donors (Lipinski definition) is 0. The van der Waals surface area contributed by atoms with E-state index in [1.54, 1.807) is 0 Å². The predicted octanol–water partition coefficient (Wildman–Crippen LogP) is 3.26. The molecule has 0 fully saturated rings. The largest absolute Gasteiger partial charge is 0.340 e. The summed E-state index contributed by atoms with van der Waals surface area (Å²) in [6, 6.07) is 23.1. The first-order valence-electron chi connectivity index (χ1n) is 8.03. The SMILES string of the molecule is CC=CC[Si](Cn1ccnc1)(c1ccccc1)c1ccccc1. The Labute approximate surface area is 139 Å². The Morgan fingerprint density at radius 1 is 0.957 bits per heavy atom. The summed E-state index contributed by atoms with van der Waals surface area (Å²) in [6.45, 7) is 2.10. The lowest BCUT2D eigenvalue weighted by Crippen LogP contribution is -2.61. The molecule has 116 valence electrons. The first-order chi connectivity index (χ1) is 11.3. The van der Waals surface area contributed by atoms with Crippen LogP contribution in [-0.4, -0.2) is 17.6 Å². The topological polar surface area (TPSA) is 17.8 Å². The van der Waals surface area contributed by atoms with Gasteiger partial charge in [0.05, 0.1) is 6.33 Å². The smallest absolute Gasteiger partial charge is 0.141 e. The average molecular weight is 318 g/mol. The highest BCUT2D eigenvalue weighted by molar-refractivity contribution is 7.01. The summed E-state index contributed by atoms with van der Waals surface area (Å²) in [5.74, 6) is 0. The molecule has 0 atom stereocenters. The van der Waals surface area contributed by atoms with E-state index in [-0.39, 0.29) is 0 Å². The fourth-order valence-electron chi connectivity index (χ4n) is 3.17. The highest BCUT2D eigenvalue weighted by atomic mass is 28.3. The second-order valence-corrected chi connectivity index (χ2v) is 9.87. The van der Waals surface area contributed by atoms with Gasteiger partial charge < -0.3 is 4.57 Å². The second-order valence-electron chi connectivity index (χ2n) is 5.82. The van der Waals surface area contributed by atoms with Crippen molar-refractivity contribution < 1.29 is 0 Å². The van der Waals surface area contributed by atoms with E-state index >= 15 is 0 Å². The van der Waals surface area contributed by atoms with E-state index < -0.39 is 8.07 Å². The molecule has 0 spiro atoms. The van der Waals surface area contributed by atoms with E-state index in [0.29, 0.717) is 0 Å². The molecule has 3 aromatic rings. The molecule has 0 radical (unpaired) electrons. The standard InChI is InChI=1S/C20H22N2Si/c1-2-3-16-23(18-22-15-14-21-17-22,19-10-6-4-7-11-19)20-12-8-5-9-13-20/h2-15,17H,16,18H2,1H3. The minimum absolute atomic E-state index is 1.01. The van der Waals surface area contributed by atoms with Gasteiger partial charge in [-0.25, -0.2) is 4.98 Å².